The minimum Gasteiger partial charge on any atom is -0.495 e. The lowest BCUT2D eigenvalue weighted by atomic mass is 9.68. The highest BCUT2D eigenvalue weighted by Gasteiger charge is 2.60. The highest BCUT2D eigenvalue weighted by molar-refractivity contribution is 6.09. The fourth-order valence-corrected chi connectivity index (χ4v) is 7.78. The molecule has 3 unspecified atom stereocenters. The number of fused-ring (bicyclic) bond motifs is 5. The van der Waals surface area contributed by atoms with Gasteiger partial charge in [-0.3, -0.25) is 9.69 Å². The summed E-state index contributed by atoms with van der Waals surface area (Å²) in [5.74, 6) is 1.52. The maximum absolute atomic E-state index is 14.2. The average molecular weight is 464 g/mol. The van der Waals surface area contributed by atoms with Gasteiger partial charge in [0.25, 0.3) is 5.56 Å². The molecule has 182 valence electrons. The summed E-state index contributed by atoms with van der Waals surface area (Å²) in [5, 5.41) is 1.84. The van der Waals surface area contributed by atoms with Crippen molar-refractivity contribution in [2.75, 3.05) is 40.0 Å². The third-order valence-corrected chi connectivity index (χ3v) is 9.36. The van der Waals surface area contributed by atoms with Crippen molar-refractivity contribution in [3.8, 4) is 5.75 Å². The zero-order valence-electron chi connectivity index (χ0n) is 21.0. The number of methoxy groups -OCH3 is 1. The number of ether oxygens (including phenoxy) is 2. The van der Waals surface area contributed by atoms with Crippen LogP contribution in [-0.2, 0) is 11.3 Å². The molecule has 6 rings (SSSR count). The van der Waals surface area contributed by atoms with Crippen LogP contribution in [0.1, 0.15) is 46.1 Å². The van der Waals surface area contributed by atoms with Gasteiger partial charge in [0, 0.05) is 43.8 Å². The summed E-state index contributed by atoms with van der Waals surface area (Å²) in [5.41, 5.74) is 2.50. The van der Waals surface area contributed by atoms with Crippen LogP contribution in [-0.4, -0.2) is 54.0 Å². The van der Waals surface area contributed by atoms with Gasteiger partial charge in [-0.05, 0) is 48.1 Å². The Morgan fingerprint density at radius 2 is 1.91 bits per heavy atom. The molecular formula is C28H37N3O3. The Balaban J connectivity index is 1.52. The first-order chi connectivity index (χ1) is 16.3. The van der Waals surface area contributed by atoms with Crippen molar-refractivity contribution >= 4 is 21.8 Å². The van der Waals surface area contributed by atoms with Gasteiger partial charge in [0.05, 0.1) is 36.7 Å². The molecule has 2 aliphatic carbocycles. The van der Waals surface area contributed by atoms with Gasteiger partial charge in [0.2, 0.25) is 0 Å². The van der Waals surface area contributed by atoms with Gasteiger partial charge in [-0.25, -0.2) is 0 Å². The topological polar surface area (TPSA) is 48.6 Å². The van der Waals surface area contributed by atoms with Crippen molar-refractivity contribution < 1.29 is 9.47 Å². The lowest BCUT2D eigenvalue weighted by Gasteiger charge is -2.43. The highest BCUT2D eigenvalue weighted by atomic mass is 16.5. The van der Waals surface area contributed by atoms with Crippen LogP contribution in [0.5, 0.6) is 5.75 Å². The summed E-state index contributed by atoms with van der Waals surface area (Å²) in [6, 6.07) is 8.51. The molecule has 0 N–H and O–H groups in total. The summed E-state index contributed by atoms with van der Waals surface area (Å²) >= 11 is 0. The van der Waals surface area contributed by atoms with E-state index < -0.39 is 0 Å². The lowest BCUT2D eigenvalue weighted by Crippen LogP contribution is -2.41. The van der Waals surface area contributed by atoms with Crippen LogP contribution in [0.25, 0.3) is 21.8 Å². The van der Waals surface area contributed by atoms with Crippen LogP contribution in [0.3, 0.4) is 0 Å². The maximum Gasteiger partial charge on any atom is 0.260 e. The van der Waals surface area contributed by atoms with Crippen molar-refractivity contribution in [1.82, 2.24) is 14.0 Å². The van der Waals surface area contributed by atoms with Gasteiger partial charge in [-0.2, -0.15) is 0 Å². The Morgan fingerprint density at radius 3 is 2.62 bits per heavy atom. The van der Waals surface area contributed by atoms with E-state index >= 15 is 0 Å². The smallest absolute Gasteiger partial charge is 0.260 e. The molecule has 1 saturated heterocycles. The van der Waals surface area contributed by atoms with Crippen LogP contribution >= 0.6 is 0 Å². The number of nitrogens with zero attached hydrogens (tertiary/aromatic N) is 3. The Morgan fingerprint density at radius 1 is 1.12 bits per heavy atom. The summed E-state index contributed by atoms with van der Waals surface area (Å²) in [4.78, 5) is 16.7. The molecule has 6 nitrogen and oxygen atoms in total. The van der Waals surface area contributed by atoms with Crippen molar-refractivity contribution in [3.05, 3.63) is 40.8 Å². The Bertz CT molecular complexity index is 1290. The van der Waals surface area contributed by atoms with E-state index in [9.17, 15) is 4.79 Å². The molecule has 1 aromatic carbocycles. The fourth-order valence-electron chi connectivity index (χ4n) is 7.78. The molecule has 3 atom stereocenters. The minimum atomic E-state index is 0.122. The van der Waals surface area contributed by atoms with Crippen LogP contribution in [0.4, 0.5) is 0 Å². The molecule has 2 aromatic heterocycles. The summed E-state index contributed by atoms with van der Waals surface area (Å²) in [7, 11) is 1.72. The molecule has 6 heteroatoms. The van der Waals surface area contributed by atoms with Crippen molar-refractivity contribution in [2.24, 2.45) is 16.7 Å². The SMILES string of the molecule is COc1cccc2c3c(=O)n(C4C5(C)CCC(C5)C4(C)C)ccc3n(CCN3CCOCC3)c12. The average Bonchev–Trinajstić information content (AvgIpc) is 3.44. The second-order valence-corrected chi connectivity index (χ2v) is 11.6. The van der Waals surface area contributed by atoms with Crippen LogP contribution in [0.15, 0.2) is 35.3 Å². The van der Waals surface area contributed by atoms with Crippen molar-refractivity contribution in [1.29, 1.82) is 0 Å². The zero-order chi connectivity index (χ0) is 23.7. The first-order valence-corrected chi connectivity index (χ1v) is 12.9. The number of para-hydroxylation sites is 1. The molecule has 0 spiro atoms. The van der Waals surface area contributed by atoms with Crippen molar-refractivity contribution in [2.45, 2.75) is 52.6 Å². The third kappa shape index (κ3) is 3.11. The Hall–Kier alpha value is -2.31. The van der Waals surface area contributed by atoms with E-state index in [1.807, 2.05) is 12.1 Å². The summed E-state index contributed by atoms with van der Waals surface area (Å²) in [6.07, 6.45) is 5.81. The molecule has 3 aromatic rings. The molecule has 2 saturated carbocycles. The predicted molar refractivity (Wildman–Crippen MR) is 136 cm³/mol. The Labute approximate surface area is 201 Å². The van der Waals surface area contributed by atoms with E-state index in [1.54, 1.807) is 7.11 Å². The van der Waals surface area contributed by atoms with Crippen LogP contribution < -0.4 is 10.3 Å². The number of rotatable bonds is 5. The van der Waals surface area contributed by atoms with Gasteiger partial charge in [-0.1, -0.05) is 32.9 Å². The van der Waals surface area contributed by atoms with E-state index in [1.165, 1.54) is 19.3 Å². The minimum absolute atomic E-state index is 0.122. The van der Waals surface area contributed by atoms with Crippen LogP contribution in [0, 0.1) is 16.7 Å². The second kappa shape index (κ2) is 7.85. The van der Waals surface area contributed by atoms with Gasteiger partial charge >= 0.3 is 0 Å². The summed E-state index contributed by atoms with van der Waals surface area (Å²) < 4.78 is 15.7. The fraction of sp³-hybridized carbons (Fsp3) is 0.607. The zero-order valence-corrected chi connectivity index (χ0v) is 21.0. The number of hydrogen-bond acceptors (Lipinski definition) is 4. The monoisotopic (exact) mass is 463 g/mol. The number of benzene rings is 1. The predicted octanol–water partition coefficient (Wildman–Crippen LogP) is 4.68. The molecule has 0 amide bonds. The molecular weight excluding hydrogens is 426 g/mol. The number of aromatic nitrogens is 2. The molecule has 34 heavy (non-hydrogen) atoms. The second-order valence-electron chi connectivity index (χ2n) is 11.6. The maximum atomic E-state index is 14.2. The van der Waals surface area contributed by atoms with E-state index in [2.05, 4.69) is 53.1 Å². The lowest BCUT2D eigenvalue weighted by molar-refractivity contribution is 0.0366. The molecule has 3 fully saturated rings. The first-order valence-electron chi connectivity index (χ1n) is 12.9. The first kappa shape index (κ1) is 22.2. The molecule has 3 heterocycles. The van der Waals surface area contributed by atoms with E-state index in [0.717, 1.165) is 66.9 Å². The standard InChI is InChI=1S/C28H37N3O3/c1-27(2)19-8-10-28(3,18-19)26(27)31-11-9-21-23(25(31)32)20-6-5-7-22(33-4)24(20)30(21)13-12-29-14-16-34-17-15-29/h5-7,9,11,19,26H,8,10,12-18H2,1-4H3. The third-order valence-electron chi connectivity index (χ3n) is 9.36. The molecule has 3 aliphatic rings. The molecule has 0 radical (unpaired) electrons. The Kier molecular flexibility index (Phi) is 5.12. The van der Waals surface area contributed by atoms with E-state index in [0.29, 0.717) is 5.92 Å². The van der Waals surface area contributed by atoms with Gasteiger partial charge in [-0.15, -0.1) is 0 Å². The van der Waals surface area contributed by atoms with E-state index in [4.69, 9.17) is 9.47 Å². The largest absolute Gasteiger partial charge is 0.495 e. The van der Waals surface area contributed by atoms with E-state index in [-0.39, 0.29) is 22.4 Å². The number of morpholine rings is 1. The number of hydrogen-bond donors (Lipinski definition) is 0. The quantitative estimate of drug-likeness (QED) is 0.551. The van der Waals surface area contributed by atoms with Gasteiger partial charge in [0.15, 0.2) is 0 Å². The highest BCUT2D eigenvalue weighted by Crippen LogP contribution is 2.67. The molecule has 2 bridgehead atoms. The van der Waals surface area contributed by atoms with Gasteiger partial charge in [0.1, 0.15) is 5.75 Å². The van der Waals surface area contributed by atoms with Crippen molar-refractivity contribution in [3.63, 3.8) is 0 Å². The normalized spacial score (nSPS) is 28.8. The number of pyridine rings is 1. The van der Waals surface area contributed by atoms with Gasteiger partial charge < -0.3 is 18.6 Å². The van der Waals surface area contributed by atoms with Crippen LogP contribution in [0.2, 0.25) is 0 Å². The molecule has 1 aliphatic heterocycles. The summed E-state index contributed by atoms with van der Waals surface area (Å²) in [6.45, 7) is 12.4.